The van der Waals surface area contributed by atoms with Crippen molar-refractivity contribution in [3.05, 3.63) is 11.1 Å². The van der Waals surface area contributed by atoms with Gasteiger partial charge in [-0.1, -0.05) is 31.9 Å². The number of fused-ring (bicyclic) bond motifs is 1. The molecule has 3 aliphatic rings. The summed E-state index contributed by atoms with van der Waals surface area (Å²) in [6.45, 7) is 10.0. The van der Waals surface area contributed by atoms with Crippen LogP contribution in [0.2, 0.25) is 0 Å². The van der Waals surface area contributed by atoms with Crippen molar-refractivity contribution < 1.29 is 0 Å². The molecule has 2 saturated carbocycles. The first-order chi connectivity index (χ1) is 7.00. The van der Waals surface area contributed by atoms with Gasteiger partial charge in [-0.25, -0.2) is 0 Å². The molecule has 0 N–H and O–H groups in total. The molecule has 1 spiro atoms. The van der Waals surface area contributed by atoms with Gasteiger partial charge in [0.1, 0.15) is 0 Å². The van der Waals surface area contributed by atoms with Crippen LogP contribution in [0.3, 0.4) is 0 Å². The Balaban J connectivity index is 2.20. The molecule has 2 fully saturated rings. The summed E-state index contributed by atoms with van der Waals surface area (Å²) >= 11 is 0. The van der Waals surface area contributed by atoms with Gasteiger partial charge in [0.05, 0.1) is 0 Å². The zero-order valence-electron chi connectivity index (χ0n) is 10.7. The second kappa shape index (κ2) is 2.70. The Morgan fingerprint density at radius 2 is 1.93 bits per heavy atom. The summed E-state index contributed by atoms with van der Waals surface area (Å²) in [6, 6.07) is 0. The van der Waals surface area contributed by atoms with Crippen molar-refractivity contribution in [1.82, 2.24) is 0 Å². The standard InChI is InChI=1S/C15H24/c1-10-7-8-15-11(2)5-6-12(9-13(10)15)14(15,3)4/h11-12H,5-9H2,1-4H3/t11-,12-,15-/m1/s1. The summed E-state index contributed by atoms with van der Waals surface area (Å²) in [7, 11) is 0. The molecule has 0 heterocycles. The quantitative estimate of drug-likeness (QED) is 0.507. The molecule has 84 valence electrons. The SMILES string of the molecule is CC1=C2C[C@H]3CC[C@@H](C)[C@@]2(CC1)C3(C)C. The minimum atomic E-state index is 0.581. The average molecular weight is 204 g/mol. The summed E-state index contributed by atoms with van der Waals surface area (Å²) in [6.07, 6.45) is 7.23. The van der Waals surface area contributed by atoms with E-state index in [2.05, 4.69) is 27.7 Å². The summed E-state index contributed by atoms with van der Waals surface area (Å²) in [5.74, 6) is 1.91. The highest BCUT2D eigenvalue weighted by Crippen LogP contribution is 2.72. The normalized spacial score (nSPS) is 47.2. The Morgan fingerprint density at radius 1 is 1.20 bits per heavy atom. The van der Waals surface area contributed by atoms with Gasteiger partial charge in [-0.3, -0.25) is 0 Å². The van der Waals surface area contributed by atoms with Gasteiger partial charge in [0.25, 0.3) is 0 Å². The van der Waals surface area contributed by atoms with Gasteiger partial charge in [0.15, 0.2) is 0 Å². The highest BCUT2D eigenvalue weighted by atomic mass is 14.7. The van der Waals surface area contributed by atoms with Crippen molar-refractivity contribution in [1.29, 1.82) is 0 Å². The second-order valence-electron chi connectivity index (χ2n) is 6.83. The number of hydrogen-bond acceptors (Lipinski definition) is 0. The molecule has 3 aliphatic carbocycles. The Hall–Kier alpha value is -0.260. The van der Waals surface area contributed by atoms with Crippen molar-refractivity contribution in [3.63, 3.8) is 0 Å². The lowest BCUT2D eigenvalue weighted by Gasteiger charge is -2.51. The first-order valence-corrected chi connectivity index (χ1v) is 6.69. The molecule has 3 rings (SSSR count). The molecule has 0 aromatic carbocycles. The fourth-order valence-electron chi connectivity index (χ4n) is 5.34. The summed E-state index contributed by atoms with van der Waals surface area (Å²) in [5, 5.41) is 0. The van der Waals surface area contributed by atoms with Crippen LogP contribution in [-0.2, 0) is 0 Å². The smallest absolute Gasteiger partial charge is 0.000292 e. The maximum atomic E-state index is 2.55. The minimum absolute atomic E-state index is 0.581. The Labute approximate surface area is 94.1 Å². The van der Waals surface area contributed by atoms with E-state index < -0.39 is 0 Å². The van der Waals surface area contributed by atoms with Gasteiger partial charge in [0, 0.05) is 0 Å². The van der Waals surface area contributed by atoms with Crippen LogP contribution in [-0.4, -0.2) is 0 Å². The van der Waals surface area contributed by atoms with Crippen LogP contribution in [0.5, 0.6) is 0 Å². The minimum Gasteiger partial charge on any atom is -0.0735 e. The topological polar surface area (TPSA) is 0 Å². The molecule has 15 heavy (non-hydrogen) atoms. The molecular formula is C15H24. The van der Waals surface area contributed by atoms with E-state index in [1.54, 1.807) is 5.57 Å². The van der Waals surface area contributed by atoms with Gasteiger partial charge < -0.3 is 0 Å². The van der Waals surface area contributed by atoms with Crippen LogP contribution in [0.25, 0.3) is 0 Å². The van der Waals surface area contributed by atoms with E-state index in [0.717, 1.165) is 11.8 Å². The first kappa shape index (κ1) is 9.93. The van der Waals surface area contributed by atoms with E-state index in [0.29, 0.717) is 10.8 Å². The highest BCUT2D eigenvalue weighted by Gasteiger charge is 2.63. The summed E-state index contributed by atoms with van der Waals surface area (Å²) in [5.41, 5.74) is 4.83. The third-order valence-corrected chi connectivity index (χ3v) is 6.36. The van der Waals surface area contributed by atoms with E-state index in [9.17, 15) is 0 Å². The molecule has 0 aromatic rings. The van der Waals surface area contributed by atoms with Crippen LogP contribution < -0.4 is 0 Å². The van der Waals surface area contributed by atoms with E-state index in [4.69, 9.17) is 0 Å². The predicted octanol–water partition coefficient (Wildman–Crippen LogP) is 4.56. The van der Waals surface area contributed by atoms with Crippen LogP contribution in [0, 0.1) is 22.7 Å². The van der Waals surface area contributed by atoms with Gasteiger partial charge in [-0.15, -0.1) is 0 Å². The predicted molar refractivity (Wildman–Crippen MR) is 64.7 cm³/mol. The van der Waals surface area contributed by atoms with Gasteiger partial charge in [0.2, 0.25) is 0 Å². The van der Waals surface area contributed by atoms with Crippen LogP contribution >= 0.6 is 0 Å². The third-order valence-electron chi connectivity index (χ3n) is 6.36. The molecule has 0 unspecified atom stereocenters. The van der Waals surface area contributed by atoms with Gasteiger partial charge in [-0.2, -0.15) is 0 Å². The van der Waals surface area contributed by atoms with Crippen LogP contribution in [0.1, 0.15) is 59.8 Å². The Kier molecular flexibility index (Phi) is 1.79. The van der Waals surface area contributed by atoms with E-state index in [-0.39, 0.29) is 0 Å². The highest BCUT2D eigenvalue weighted by molar-refractivity contribution is 5.37. The van der Waals surface area contributed by atoms with Crippen molar-refractivity contribution >= 4 is 0 Å². The van der Waals surface area contributed by atoms with Crippen molar-refractivity contribution in [3.8, 4) is 0 Å². The Bertz CT molecular complexity index is 334. The van der Waals surface area contributed by atoms with Crippen molar-refractivity contribution in [2.45, 2.75) is 59.8 Å². The van der Waals surface area contributed by atoms with Crippen LogP contribution in [0.15, 0.2) is 11.1 Å². The zero-order valence-corrected chi connectivity index (χ0v) is 10.7. The molecule has 0 heteroatoms. The fourth-order valence-corrected chi connectivity index (χ4v) is 5.34. The second-order valence-corrected chi connectivity index (χ2v) is 6.83. The molecule has 0 aromatic heterocycles. The fraction of sp³-hybridized carbons (Fsp3) is 0.867. The van der Waals surface area contributed by atoms with Crippen molar-refractivity contribution in [2.75, 3.05) is 0 Å². The molecule has 0 nitrogen and oxygen atoms in total. The lowest BCUT2D eigenvalue weighted by molar-refractivity contribution is -0.00753. The molecule has 0 radical (unpaired) electrons. The lowest BCUT2D eigenvalue weighted by Crippen LogP contribution is -2.44. The third kappa shape index (κ3) is 0.905. The van der Waals surface area contributed by atoms with Gasteiger partial charge in [-0.05, 0) is 61.7 Å². The zero-order chi connectivity index (χ0) is 10.8. The molecule has 2 bridgehead atoms. The molecule has 3 atom stereocenters. The number of allylic oxidation sites excluding steroid dienone is 2. The lowest BCUT2D eigenvalue weighted by atomic mass is 9.53. The number of hydrogen-bond donors (Lipinski definition) is 0. The van der Waals surface area contributed by atoms with Crippen molar-refractivity contribution in [2.24, 2.45) is 22.7 Å². The van der Waals surface area contributed by atoms with E-state index in [1.807, 2.05) is 5.57 Å². The van der Waals surface area contributed by atoms with Crippen LogP contribution in [0.4, 0.5) is 0 Å². The molecular weight excluding hydrogens is 180 g/mol. The largest absolute Gasteiger partial charge is 0.0735 e. The maximum absolute atomic E-state index is 2.55. The number of rotatable bonds is 0. The maximum Gasteiger partial charge on any atom is -0.000292 e. The summed E-state index contributed by atoms with van der Waals surface area (Å²) in [4.78, 5) is 0. The Morgan fingerprint density at radius 3 is 2.67 bits per heavy atom. The summed E-state index contributed by atoms with van der Waals surface area (Å²) < 4.78 is 0. The van der Waals surface area contributed by atoms with E-state index >= 15 is 0 Å². The molecule has 0 aliphatic heterocycles. The monoisotopic (exact) mass is 204 g/mol. The average Bonchev–Trinajstić information content (AvgIpc) is 2.53. The first-order valence-electron chi connectivity index (χ1n) is 6.69. The van der Waals surface area contributed by atoms with Gasteiger partial charge >= 0.3 is 0 Å². The van der Waals surface area contributed by atoms with E-state index in [1.165, 1.54) is 32.1 Å². The molecule has 0 amide bonds. The molecule has 0 saturated heterocycles.